The zero-order valence-electron chi connectivity index (χ0n) is 13.7. The summed E-state index contributed by atoms with van der Waals surface area (Å²) < 4.78 is 5.64. The van der Waals surface area contributed by atoms with Crippen LogP contribution < -0.4 is 0 Å². The van der Waals surface area contributed by atoms with Crippen LogP contribution in [0.3, 0.4) is 0 Å². The van der Waals surface area contributed by atoms with E-state index in [1.54, 1.807) is 0 Å². The van der Waals surface area contributed by atoms with Crippen LogP contribution in [0.2, 0.25) is 0 Å². The van der Waals surface area contributed by atoms with Crippen LogP contribution in [0.25, 0.3) is 0 Å². The maximum absolute atomic E-state index is 11.7. The van der Waals surface area contributed by atoms with E-state index >= 15 is 0 Å². The first-order valence-electron chi connectivity index (χ1n) is 8.98. The Morgan fingerprint density at radius 2 is 1.50 bits per heavy atom. The number of ether oxygens (including phenoxy) is 1. The molecule has 1 saturated carbocycles. The summed E-state index contributed by atoms with van der Waals surface area (Å²) in [6, 6.07) is 0. The molecule has 0 aromatic heterocycles. The highest BCUT2D eigenvalue weighted by atomic mass is 16.5. The molecule has 0 spiro atoms. The van der Waals surface area contributed by atoms with Crippen molar-refractivity contribution in [2.75, 3.05) is 0 Å². The lowest BCUT2D eigenvalue weighted by Crippen LogP contribution is -2.19. The normalized spacial score (nSPS) is 16.1. The fourth-order valence-electron chi connectivity index (χ4n) is 2.67. The minimum atomic E-state index is 0.0722. The van der Waals surface area contributed by atoms with E-state index in [4.69, 9.17) is 4.74 Å². The second kappa shape index (κ2) is 11.2. The van der Waals surface area contributed by atoms with Gasteiger partial charge < -0.3 is 4.74 Å². The standard InChI is InChI=1S/C18H34O2/c1-3-5-6-7-8-9-10-11-13-17(12-4-2)20-18(19)16-14-15-16/h16-17H,3-15H2,1-2H3. The van der Waals surface area contributed by atoms with Crippen LogP contribution in [0, 0.1) is 5.92 Å². The fraction of sp³-hybridized carbons (Fsp3) is 0.944. The molecule has 1 atom stereocenters. The molecule has 118 valence electrons. The Bertz CT molecular complexity index is 246. The molecule has 0 aliphatic heterocycles. The van der Waals surface area contributed by atoms with Crippen molar-refractivity contribution in [1.82, 2.24) is 0 Å². The van der Waals surface area contributed by atoms with Crippen LogP contribution >= 0.6 is 0 Å². The highest BCUT2D eigenvalue weighted by Crippen LogP contribution is 2.31. The molecule has 0 N–H and O–H groups in total. The molecule has 0 heterocycles. The Kier molecular flexibility index (Phi) is 9.78. The van der Waals surface area contributed by atoms with Gasteiger partial charge in [0.1, 0.15) is 6.10 Å². The average Bonchev–Trinajstić information content (AvgIpc) is 3.26. The second-order valence-corrected chi connectivity index (χ2v) is 6.39. The zero-order chi connectivity index (χ0) is 14.6. The maximum atomic E-state index is 11.7. The fourth-order valence-corrected chi connectivity index (χ4v) is 2.67. The molecular formula is C18H34O2. The van der Waals surface area contributed by atoms with Gasteiger partial charge >= 0.3 is 5.97 Å². The Balaban J connectivity index is 1.99. The number of esters is 1. The third-order valence-corrected chi connectivity index (χ3v) is 4.18. The number of unbranched alkanes of at least 4 members (excludes halogenated alkanes) is 7. The van der Waals surface area contributed by atoms with Gasteiger partial charge in [-0.3, -0.25) is 4.79 Å². The first kappa shape index (κ1) is 17.5. The van der Waals surface area contributed by atoms with E-state index < -0.39 is 0 Å². The molecule has 20 heavy (non-hydrogen) atoms. The quantitative estimate of drug-likeness (QED) is 0.323. The molecule has 1 fully saturated rings. The number of hydrogen-bond acceptors (Lipinski definition) is 2. The molecule has 0 aromatic rings. The average molecular weight is 282 g/mol. The minimum absolute atomic E-state index is 0.0722. The van der Waals surface area contributed by atoms with Crippen molar-refractivity contribution in [3.63, 3.8) is 0 Å². The minimum Gasteiger partial charge on any atom is -0.462 e. The summed E-state index contributed by atoms with van der Waals surface area (Å²) in [4.78, 5) is 11.7. The van der Waals surface area contributed by atoms with Gasteiger partial charge in [0.15, 0.2) is 0 Å². The van der Waals surface area contributed by atoms with Gasteiger partial charge in [0, 0.05) is 0 Å². The van der Waals surface area contributed by atoms with E-state index in [1.807, 2.05) is 0 Å². The molecule has 2 nitrogen and oxygen atoms in total. The Morgan fingerprint density at radius 1 is 0.900 bits per heavy atom. The van der Waals surface area contributed by atoms with E-state index in [9.17, 15) is 4.79 Å². The summed E-state index contributed by atoms with van der Waals surface area (Å²) in [5.74, 6) is 0.316. The van der Waals surface area contributed by atoms with Crippen LogP contribution in [-0.4, -0.2) is 12.1 Å². The van der Waals surface area contributed by atoms with Crippen molar-refractivity contribution in [3.8, 4) is 0 Å². The van der Waals surface area contributed by atoms with E-state index in [0.29, 0.717) is 0 Å². The van der Waals surface area contributed by atoms with Crippen molar-refractivity contribution >= 4 is 5.97 Å². The Labute approximate surface area is 125 Å². The smallest absolute Gasteiger partial charge is 0.309 e. The van der Waals surface area contributed by atoms with Crippen molar-refractivity contribution in [1.29, 1.82) is 0 Å². The van der Waals surface area contributed by atoms with E-state index in [2.05, 4.69) is 13.8 Å². The van der Waals surface area contributed by atoms with Gasteiger partial charge in [0.05, 0.1) is 5.92 Å². The molecule has 2 heteroatoms. The SMILES string of the molecule is CCCCCCCCCCC(CCC)OC(=O)C1CC1. The highest BCUT2D eigenvalue weighted by Gasteiger charge is 2.32. The lowest BCUT2D eigenvalue weighted by molar-refractivity contribution is -0.151. The molecule has 1 unspecified atom stereocenters. The van der Waals surface area contributed by atoms with Gasteiger partial charge in [-0.05, 0) is 32.1 Å². The summed E-state index contributed by atoms with van der Waals surface area (Å²) >= 11 is 0. The lowest BCUT2D eigenvalue weighted by Gasteiger charge is -2.17. The van der Waals surface area contributed by atoms with Gasteiger partial charge in [-0.1, -0.05) is 65.2 Å². The van der Waals surface area contributed by atoms with Crippen LogP contribution in [0.5, 0.6) is 0 Å². The predicted molar refractivity (Wildman–Crippen MR) is 84.7 cm³/mol. The molecule has 1 aliphatic rings. The molecule has 0 bridgehead atoms. The number of carbonyl (C=O) groups is 1. The monoisotopic (exact) mass is 282 g/mol. The Hall–Kier alpha value is -0.530. The van der Waals surface area contributed by atoms with Crippen molar-refractivity contribution < 1.29 is 9.53 Å². The van der Waals surface area contributed by atoms with Gasteiger partial charge in [-0.2, -0.15) is 0 Å². The van der Waals surface area contributed by atoms with Gasteiger partial charge in [0.25, 0.3) is 0 Å². The number of rotatable bonds is 13. The molecule has 0 aromatic carbocycles. The second-order valence-electron chi connectivity index (χ2n) is 6.39. The zero-order valence-corrected chi connectivity index (χ0v) is 13.7. The third kappa shape index (κ3) is 8.60. The summed E-state index contributed by atoms with van der Waals surface area (Å²) in [7, 11) is 0. The Morgan fingerprint density at radius 3 is 2.05 bits per heavy atom. The van der Waals surface area contributed by atoms with Crippen molar-refractivity contribution in [3.05, 3.63) is 0 Å². The van der Waals surface area contributed by atoms with Gasteiger partial charge in [-0.15, -0.1) is 0 Å². The summed E-state index contributed by atoms with van der Waals surface area (Å²) in [6.45, 7) is 4.43. The van der Waals surface area contributed by atoms with Gasteiger partial charge in [0.2, 0.25) is 0 Å². The highest BCUT2D eigenvalue weighted by molar-refractivity contribution is 5.75. The summed E-state index contributed by atoms with van der Waals surface area (Å²) in [6.07, 6.45) is 16.2. The molecule has 0 amide bonds. The molecular weight excluding hydrogens is 248 g/mol. The van der Waals surface area contributed by atoms with E-state index in [0.717, 1.165) is 32.1 Å². The van der Waals surface area contributed by atoms with Crippen LogP contribution in [-0.2, 0) is 9.53 Å². The largest absolute Gasteiger partial charge is 0.462 e. The van der Waals surface area contributed by atoms with Crippen molar-refractivity contribution in [2.24, 2.45) is 5.92 Å². The summed E-state index contributed by atoms with van der Waals surface area (Å²) in [5, 5.41) is 0. The summed E-state index contributed by atoms with van der Waals surface area (Å²) in [5.41, 5.74) is 0. The lowest BCUT2D eigenvalue weighted by atomic mass is 10.0. The molecule has 0 saturated heterocycles. The first-order chi connectivity index (χ1) is 9.77. The van der Waals surface area contributed by atoms with E-state index in [-0.39, 0.29) is 18.0 Å². The van der Waals surface area contributed by atoms with Gasteiger partial charge in [-0.25, -0.2) is 0 Å². The first-order valence-corrected chi connectivity index (χ1v) is 8.98. The third-order valence-electron chi connectivity index (χ3n) is 4.18. The molecule has 1 rings (SSSR count). The maximum Gasteiger partial charge on any atom is 0.309 e. The van der Waals surface area contributed by atoms with E-state index in [1.165, 1.54) is 51.4 Å². The molecule has 1 aliphatic carbocycles. The topological polar surface area (TPSA) is 26.3 Å². The molecule has 0 radical (unpaired) electrons. The number of carbonyl (C=O) groups excluding carboxylic acids is 1. The number of hydrogen-bond donors (Lipinski definition) is 0. The predicted octanol–water partition coefficient (Wildman–Crippen LogP) is 5.64. The van der Waals surface area contributed by atoms with Crippen LogP contribution in [0.1, 0.15) is 97.3 Å². The van der Waals surface area contributed by atoms with Crippen molar-refractivity contribution in [2.45, 2.75) is 103 Å². The van der Waals surface area contributed by atoms with Crippen LogP contribution in [0.4, 0.5) is 0 Å². The van der Waals surface area contributed by atoms with Crippen LogP contribution in [0.15, 0.2) is 0 Å².